The Morgan fingerprint density at radius 2 is 2.15 bits per heavy atom. The minimum absolute atomic E-state index is 0. The van der Waals surface area contributed by atoms with Crippen LogP contribution in [0.2, 0.25) is 0 Å². The van der Waals surface area contributed by atoms with E-state index in [1.165, 1.54) is 7.05 Å². The molecule has 9 heteroatoms. The van der Waals surface area contributed by atoms with Gasteiger partial charge in [-0.25, -0.2) is 0 Å². The van der Waals surface area contributed by atoms with Crippen LogP contribution in [0.5, 0.6) is 0 Å². The molecule has 20 heavy (non-hydrogen) atoms. The number of nitrogens with zero attached hydrogens (tertiary/aromatic N) is 1. The van der Waals surface area contributed by atoms with Crippen molar-refractivity contribution >= 4 is 29.9 Å². The van der Waals surface area contributed by atoms with E-state index in [1.807, 2.05) is 0 Å². The number of guanidine groups is 1. The molecule has 5 nitrogen and oxygen atoms in total. The van der Waals surface area contributed by atoms with Crippen LogP contribution in [0.4, 0.5) is 13.2 Å². The van der Waals surface area contributed by atoms with Crippen molar-refractivity contribution in [2.24, 2.45) is 4.99 Å². The van der Waals surface area contributed by atoms with Gasteiger partial charge in [0.25, 0.3) is 0 Å². The van der Waals surface area contributed by atoms with E-state index >= 15 is 0 Å². The van der Waals surface area contributed by atoms with Crippen LogP contribution >= 0.6 is 24.0 Å². The van der Waals surface area contributed by atoms with E-state index in [0.29, 0.717) is 0 Å². The zero-order chi connectivity index (χ0) is 14.0. The quantitative estimate of drug-likeness (QED) is 0.370. The van der Waals surface area contributed by atoms with Crippen LogP contribution in [0.15, 0.2) is 4.99 Å². The Hall–Kier alpha value is -0.290. The molecular weight excluding hydrogens is 390 g/mol. The Kier molecular flexibility index (Phi) is 6.32. The van der Waals surface area contributed by atoms with E-state index in [1.54, 1.807) is 0 Å². The third-order valence-electron chi connectivity index (χ3n) is 3.49. The highest BCUT2D eigenvalue weighted by atomic mass is 127. The standard InChI is InChI=1S/C11H18F3N3O2.HI/c1-15-10(16-5-9(18)11(12,13)14)17-7-4-6-2-3-8(7)19-6;/h6-9,18H,2-5H2,1H3,(H2,15,16,17);1H. The normalized spacial score (nSPS) is 30.9. The maximum atomic E-state index is 12.2. The molecule has 118 valence electrons. The van der Waals surface area contributed by atoms with Crippen LogP contribution in [-0.2, 0) is 4.74 Å². The number of hydrogen-bond donors (Lipinski definition) is 3. The Bertz CT molecular complexity index is 354. The summed E-state index contributed by atoms with van der Waals surface area (Å²) in [5.41, 5.74) is 0. The number of ether oxygens (including phenoxy) is 1. The molecule has 2 aliphatic heterocycles. The second kappa shape index (κ2) is 7.12. The molecule has 0 aromatic carbocycles. The zero-order valence-corrected chi connectivity index (χ0v) is 13.3. The predicted molar refractivity (Wildman–Crippen MR) is 78.3 cm³/mol. The molecule has 2 heterocycles. The van der Waals surface area contributed by atoms with Crippen LogP contribution in [0.1, 0.15) is 19.3 Å². The molecule has 2 fully saturated rings. The zero-order valence-electron chi connectivity index (χ0n) is 11.0. The molecule has 0 saturated carbocycles. The van der Waals surface area contributed by atoms with Crippen LogP contribution in [0, 0.1) is 0 Å². The molecule has 0 radical (unpaired) electrons. The van der Waals surface area contributed by atoms with Gasteiger partial charge < -0.3 is 20.5 Å². The Morgan fingerprint density at radius 3 is 2.60 bits per heavy atom. The summed E-state index contributed by atoms with van der Waals surface area (Å²) in [5.74, 6) is 0.254. The molecule has 3 N–H and O–H groups in total. The Morgan fingerprint density at radius 1 is 1.45 bits per heavy atom. The maximum Gasteiger partial charge on any atom is 0.416 e. The average Bonchev–Trinajstić information content (AvgIpc) is 2.94. The lowest BCUT2D eigenvalue weighted by Crippen LogP contribution is -2.50. The molecule has 2 bridgehead atoms. The molecule has 4 atom stereocenters. The highest BCUT2D eigenvalue weighted by Crippen LogP contribution is 2.34. The second-order valence-electron chi connectivity index (χ2n) is 4.87. The van der Waals surface area contributed by atoms with Crippen molar-refractivity contribution < 1.29 is 23.0 Å². The largest absolute Gasteiger partial charge is 0.416 e. The molecule has 0 aromatic heterocycles. The fourth-order valence-corrected chi connectivity index (χ4v) is 2.47. The maximum absolute atomic E-state index is 12.2. The van der Waals surface area contributed by atoms with Crippen molar-refractivity contribution in [3.05, 3.63) is 0 Å². The number of aliphatic hydroxyl groups excluding tert-OH is 1. The summed E-state index contributed by atoms with van der Waals surface area (Å²) in [5, 5.41) is 14.4. The van der Waals surface area contributed by atoms with Crippen LogP contribution in [0.25, 0.3) is 0 Å². The number of rotatable bonds is 3. The first-order valence-electron chi connectivity index (χ1n) is 6.27. The molecule has 2 saturated heterocycles. The second-order valence-corrected chi connectivity index (χ2v) is 4.87. The fourth-order valence-electron chi connectivity index (χ4n) is 2.47. The Labute approximate surface area is 132 Å². The summed E-state index contributed by atoms with van der Waals surface area (Å²) in [6.07, 6.45) is -3.82. The molecular formula is C11H19F3IN3O2. The predicted octanol–water partition coefficient (Wildman–Crippen LogP) is 1.01. The molecule has 2 rings (SSSR count). The van der Waals surface area contributed by atoms with Crippen molar-refractivity contribution in [2.75, 3.05) is 13.6 Å². The first-order chi connectivity index (χ1) is 8.90. The lowest BCUT2D eigenvalue weighted by Gasteiger charge is -2.23. The van der Waals surface area contributed by atoms with Crippen molar-refractivity contribution in [3.63, 3.8) is 0 Å². The van der Waals surface area contributed by atoms with Gasteiger partial charge in [-0.15, -0.1) is 24.0 Å². The monoisotopic (exact) mass is 409 g/mol. The van der Waals surface area contributed by atoms with Crippen molar-refractivity contribution in [2.45, 2.75) is 49.8 Å². The summed E-state index contributed by atoms with van der Waals surface area (Å²) in [6.45, 7) is -0.620. The number of halogens is 4. The molecule has 0 aromatic rings. The minimum atomic E-state index is -4.62. The topological polar surface area (TPSA) is 65.9 Å². The molecule has 4 unspecified atom stereocenters. The van der Waals surface area contributed by atoms with Gasteiger partial charge in [0.15, 0.2) is 12.1 Å². The van der Waals surface area contributed by atoms with E-state index in [0.717, 1.165) is 19.3 Å². The van der Waals surface area contributed by atoms with Gasteiger partial charge in [0.1, 0.15) is 0 Å². The average molecular weight is 409 g/mol. The van der Waals surface area contributed by atoms with Crippen molar-refractivity contribution in [3.8, 4) is 0 Å². The van der Waals surface area contributed by atoms with E-state index in [4.69, 9.17) is 9.84 Å². The van der Waals surface area contributed by atoms with Crippen LogP contribution in [-0.4, -0.2) is 55.2 Å². The number of nitrogens with one attached hydrogen (secondary N) is 2. The summed E-state index contributed by atoms with van der Waals surface area (Å²) in [4.78, 5) is 3.85. The Balaban J connectivity index is 0.00000200. The lowest BCUT2D eigenvalue weighted by atomic mass is 9.96. The molecule has 2 aliphatic rings. The van der Waals surface area contributed by atoms with Gasteiger partial charge >= 0.3 is 6.18 Å². The van der Waals surface area contributed by atoms with Gasteiger partial charge in [-0.3, -0.25) is 4.99 Å². The highest BCUT2D eigenvalue weighted by molar-refractivity contribution is 14.0. The van der Waals surface area contributed by atoms with Crippen LogP contribution < -0.4 is 10.6 Å². The molecule has 0 spiro atoms. The third-order valence-corrected chi connectivity index (χ3v) is 3.49. The molecule has 0 amide bonds. The van der Waals surface area contributed by atoms with Gasteiger partial charge in [0, 0.05) is 7.05 Å². The van der Waals surface area contributed by atoms with Gasteiger partial charge in [-0.05, 0) is 19.3 Å². The van der Waals surface area contributed by atoms with E-state index < -0.39 is 18.8 Å². The number of aliphatic hydroxyl groups is 1. The fraction of sp³-hybridized carbons (Fsp3) is 0.909. The minimum Gasteiger partial charge on any atom is -0.382 e. The van der Waals surface area contributed by atoms with Crippen molar-refractivity contribution in [1.82, 2.24) is 10.6 Å². The summed E-state index contributed by atoms with van der Waals surface area (Å²) in [6, 6.07) is 0.0768. The first kappa shape index (κ1) is 17.8. The van der Waals surface area contributed by atoms with Crippen LogP contribution in [0.3, 0.4) is 0 Å². The number of aliphatic imine (C=N–C) groups is 1. The van der Waals surface area contributed by atoms with E-state index in [2.05, 4.69) is 15.6 Å². The smallest absolute Gasteiger partial charge is 0.382 e. The van der Waals surface area contributed by atoms with Crippen molar-refractivity contribution in [1.29, 1.82) is 0 Å². The number of fused-ring (bicyclic) bond motifs is 2. The number of hydrogen-bond acceptors (Lipinski definition) is 3. The van der Waals surface area contributed by atoms with Gasteiger partial charge in [-0.1, -0.05) is 0 Å². The SMILES string of the molecule is CN=C(NCC(O)C(F)(F)F)NC1CC2CCC1O2.I. The third kappa shape index (κ3) is 4.35. The highest BCUT2D eigenvalue weighted by Gasteiger charge is 2.41. The summed E-state index contributed by atoms with van der Waals surface area (Å²) >= 11 is 0. The van der Waals surface area contributed by atoms with Gasteiger partial charge in [-0.2, -0.15) is 13.2 Å². The van der Waals surface area contributed by atoms with Gasteiger partial charge in [0.05, 0.1) is 24.8 Å². The van der Waals surface area contributed by atoms with Gasteiger partial charge in [0.2, 0.25) is 0 Å². The molecule has 0 aliphatic carbocycles. The van der Waals surface area contributed by atoms with E-state index in [-0.39, 0.29) is 48.2 Å². The lowest BCUT2D eigenvalue weighted by molar-refractivity contribution is -0.201. The number of alkyl halides is 3. The van der Waals surface area contributed by atoms with E-state index in [9.17, 15) is 13.2 Å². The summed E-state index contributed by atoms with van der Waals surface area (Å²) in [7, 11) is 1.48. The first-order valence-corrected chi connectivity index (χ1v) is 6.27. The summed E-state index contributed by atoms with van der Waals surface area (Å²) < 4.78 is 42.1.